The lowest BCUT2D eigenvalue weighted by Gasteiger charge is -2.27. The molecule has 57 heavy (non-hydrogen) atoms. The fourth-order valence-corrected chi connectivity index (χ4v) is 8.47. The summed E-state index contributed by atoms with van der Waals surface area (Å²) in [6.45, 7) is 4.06. The van der Waals surface area contributed by atoms with Gasteiger partial charge in [0, 0.05) is 0 Å². The molecule has 6 heteroatoms. The fourth-order valence-electron chi connectivity index (χ4n) is 8.47. The van der Waals surface area contributed by atoms with Gasteiger partial charge in [-0.2, -0.15) is 0 Å². The summed E-state index contributed by atoms with van der Waals surface area (Å²) in [5.74, 6) is -0.578. The third kappa shape index (κ3) is 40.5. The van der Waals surface area contributed by atoms with Crippen LogP contribution in [0, 0.1) is 0 Å². The number of carbonyl (C=O) groups excluding carboxylic acids is 1. The number of hydrogen-bond donors (Lipinski definition) is 5. The van der Waals surface area contributed by atoms with Gasteiger partial charge in [-0.25, -0.2) is 0 Å². The highest BCUT2D eigenvalue weighted by Crippen LogP contribution is 2.18. The van der Waals surface area contributed by atoms with Crippen molar-refractivity contribution in [2.45, 2.75) is 314 Å². The quantitative estimate of drug-likeness (QED) is 0.0393. The van der Waals surface area contributed by atoms with Crippen molar-refractivity contribution in [2.24, 2.45) is 0 Å². The topological polar surface area (TPSA) is 110 Å². The van der Waals surface area contributed by atoms with Gasteiger partial charge in [-0.3, -0.25) is 4.79 Å². The van der Waals surface area contributed by atoms with Crippen molar-refractivity contribution in [1.29, 1.82) is 0 Å². The van der Waals surface area contributed by atoms with Crippen LogP contribution in [-0.4, -0.2) is 57.3 Å². The van der Waals surface area contributed by atoms with E-state index in [1.807, 2.05) is 0 Å². The van der Waals surface area contributed by atoms with Crippen LogP contribution >= 0.6 is 0 Å². The summed E-state index contributed by atoms with van der Waals surface area (Å²) >= 11 is 0. The summed E-state index contributed by atoms with van der Waals surface area (Å²) in [7, 11) is 0. The second-order valence-corrected chi connectivity index (χ2v) is 18.2. The summed E-state index contributed by atoms with van der Waals surface area (Å²) in [6, 6.07) is -0.978. The van der Waals surface area contributed by atoms with Crippen LogP contribution in [-0.2, 0) is 4.79 Å². The smallest absolute Gasteiger partial charge is 0.249 e. The Morgan fingerprint density at radius 1 is 0.368 bits per heavy atom. The molecule has 4 unspecified atom stereocenters. The molecular weight excluding hydrogens is 707 g/mol. The molecule has 0 saturated heterocycles. The highest BCUT2D eigenvalue weighted by molar-refractivity contribution is 5.80. The monoisotopic (exact) mass is 810 g/mol. The van der Waals surface area contributed by atoms with E-state index < -0.39 is 36.9 Å². The minimum Gasteiger partial charge on any atom is -0.394 e. The minimum absolute atomic E-state index is 0.376. The van der Waals surface area contributed by atoms with Crippen LogP contribution in [0.1, 0.15) is 290 Å². The number of hydrogen-bond acceptors (Lipinski definition) is 5. The largest absolute Gasteiger partial charge is 0.394 e. The van der Waals surface area contributed by atoms with Gasteiger partial charge in [0.15, 0.2) is 0 Å². The maximum absolute atomic E-state index is 12.5. The third-order valence-corrected chi connectivity index (χ3v) is 12.6. The van der Waals surface area contributed by atoms with E-state index in [9.17, 15) is 25.2 Å². The predicted octanol–water partition coefficient (Wildman–Crippen LogP) is 14.4. The van der Waals surface area contributed by atoms with Gasteiger partial charge in [0.2, 0.25) is 5.91 Å². The zero-order valence-electron chi connectivity index (χ0n) is 38.6. The van der Waals surface area contributed by atoms with Crippen molar-refractivity contribution in [3.05, 3.63) is 0 Å². The maximum Gasteiger partial charge on any atom is 0.249 e. The molecule has 0 rings (SSSR count). The Hall–Kier alpha value is -0.690. The number of amides is 1. The molecule has 342 valence electrons. The molecule has 0 aromatic rings. The van der Waals surface area contributed by atoms with Gasteiger partial charge in [0.1, 0.15) is 12.2 Å². The van der Waals surface area contributed by atoms with E-state index in [0.717, 1.165) is 38.5 Å². The van der Waals surface area contributed by atoms with Crippen LogP contribution in [0.25, 0.3) is 0 Å². The van der Waals surface area contributed by atoms with Crippen LogP contribution in [0.15, 0.2) is 0 Å². The molecule has 0 spiro atoms. The van der Waals surface area contributed by atoms with Gasteiger partial charge in [-0.05, 0) is 12.8 Å². The van der Waals surface area contributed by atoms with Crippen LogP contribution in [0.5, 0.6) is 0 Å². The van der Waals surface area contributed by atoms with Gasteiger partial charge >= 0.3 is 0 Å². The van der Waals surface area contributed by atoms with E-state index in [2.05, 4.69) is 19.2 Å². The van der Waals surface area contributed by atoms with Crippen LogP contribution in [0.4, 0.5) is 0 Å². The molecule has 0 heterocycles. The second-order valence-electron chi connectivity index (χ2n) is 18.2. The SMILES string of the molecule is CCCCCCCCCCCCCCCCCCCCCCCCCCCCCCCCC(O)C(=O)NC(CO)C(O)C(O)CCCCCCCCCCCCC. The second kappa shape index (κ2) is 46.4. The fraction of sp³-hybridized carbons (Fsp3) is 0.980. The molecule has 0 fully saturated rings. The first-order chi connectivity index (χ1) is 28.0. The van der Waals surface area contributed by atoms with E-state index in [1.165, 1.54) is 225 Å². The minimum atomic E-state index is -1.25. The maximum atomic E-state index is 12.5. The third-order valence-electron chi connectivity index (χ3n) is 12.6. The molecule has 0 radical (unpaired) electrons. The van der Waals surface area contributed by atoms with Gasteiger partial charge in [0.25, 0.3) is 0 Å². The van der Waals surface area contributed by atoms with E-state index in [0.29, 0.717) is 12.8 Å². The molecule has 0 aromatic carbocycles. The number of carbonyl (C=O) groups is 1. The van der Waals surface area contributed by atoms with Gasteiger partial charge in [-0.1, -0.05) is 277 Å². The van der Waals surface area contributed by atoms with Crippen LogP contribution in [0.2, 0.25) is 0 Å². The summed E-state index contributed by atoms with van der Waals surface area (Å²) in [6.07, 6.45) is 51.8. The lowest BCUT2D eigenvalue weighted by Crippen LogP contribution is -2.53. The van der Waals surface area contributed by atoms with Gasteiger partial charge in [-0.15, -0.1) is 0 Å². The molecule has 6 nitrogen and oxygen atoms in total. The van der Waals surface area contributed by atoms with E-state index >= 15 is 0 Å². The van der Waals surface area contributed by atoms with Crippen molar-refractivity contribution in [1.82, 2.24) is 5.32 Å². The first-order valence-corrected chi connectivity index (χ1v) is 25.9. The van der Waals surface area contributed by atoms with Crippen LogP contribution < -0.4 is 5.32 Å². The Bertz CT molecular complexity index is 781. The Labute approximate surface area is 356 Å². The van der Waals surface area contributed by atoms with Crippen LogP contribution in [0.3, 0.4) is 0 Å². The average Bonchev–Trinajstić information content (AvgIpc) is 3.22. The van der Waals surface area contributed by atoms with Gasteiger partial charge < -0.3 is 25.7 Å². The van der Waals surface area contributed by atoms with Crippen molar-refractivity contribution >= 4 is 5.91 Å². The Morgan fingerprint density at radius 2 is 0.596 bits per heavy atom. The highest BCUT2D eigenvalue weighted by atomic mass is 16.3. The van der Waals surface area contributed by atoms with Crippen molar-refractivity contribution in [2.75, 3.05) is 6.61 Å². The number of aliphatic hydroxyl groups is 4. The van der Waals surface area contributed by atoms with E-state index in [-0.39, 0.29) is 0 Å². The molecule has 0 saturated carbocycles. The standard InChI is InChI=1S/C51H103NO5/c1-3-5-7-9-11-13-15-16-17-18-19-20-21-22-23-24-25-26-27-28-29-30-31-32-33-35-37-39-41-43-45-49(55)51(57)52-47(46-53)50(56)48(54)44-42-40-38-36-34-14-12-10-8-6-4-2/h47-50,53-56H,3-46H2,1-2H3,(H,52,57). The highest BCUT2D eigenvalue weighted by Gasteiger charge is 2.28. The van der Waals surface area contributed by atoms with E-state index in [4.69, 9.17) is 0 Å². The lowest BCUT2D eigenvalue weighted by atomic mass is 9.99. The number of rotatable bonds is 48. The van der Waals surface area contributed by atoms with Gasteiger partial charge in [0.05, 0.1) is 18.8 Å². The number of unbranched alkanes of at least 4 members (excludes halogenated alkanes) is 39. The molecule has 1 amide bonds. The predicted molar refractivity (Wildman–Crippen MR) is 247 cm³/mol. The molecule has 5 N–H and O–H groups in total. The molecule has 0 bridgehead atoms. The molecular formula is C51H103NO5. The Morgan fingerprint density at radius 3 is 0.842 bits per heavy atom. The van der Waals surface area contributed by atoms with Crippen molar-refractivity contribution in [3.8, 4) is 0 Å². The molecule has 0 aliphatic heterocycles. The lowest BCUT2D eigenvalue weighted by molar-refractivity contribution is -0.132. The summed E-state index contributed by atoms with van der Waals surface area (Å²) in [5, 5.41) is 43.7. The molecule has 0 aromatic heterocycles. The normalized spacial score (nSPS) is 13.9. The number of aliphatic hydroxyl groups excluding tert-OH is 4. The average molecular weight is 810 g/mol. The van der Waals surface area contributed by atoms with Crippen molar-refractivity contribution in [3.63, 3.8) is 0 Å². The molecule has 0 aliphatic rings. The first kappa shape index (κ1) is 56.3. The number of nitrogens with one attached hydrogen (secondary N) is 1. The van der Waals surface area contributed by atoms with Crippen molar-refractivity contribution < 1.29 is 25.2 Å². The summed E-state index contributed by atoms with van der Waals surface area (Å²) in [4.78, 5) is 12.5. The van der Waals surface area contributed by atoms with E-state index in [1.54, 1.807) is 0 Å². The molecule has 0 aliphatic carbocycles. The summed E-state index contributed by atoms with van der Waals surface area (Å²) < 4.78 is 0. The Balaban J connectivity index is 3.52. The summed E-state index contributed by atoms with van der Waals surface area (Å²) in [5.41, 5.74) is 0. The molecule has 4 atom stereocenters. The Kier molecular flexibility index (Phi) is 45.8. The zero-order chi connectivity index (χ0) is 41.7. The zero-order valence-corrected chi connectivity index (χ0v) is 38.6. The first-order valence-electron chi connectivity index (χ1n) is 25.9.